The second-order valence-corrected chi connectivity index (χ2v) is 28.2. The van der Waals surface area contributed by atoms with Crippen LogP contribution in [0, 0.1) is 0 Å². The van der Waals surface area contributed by atoms with E-state index in [1.165, 1.54) is 93.4 Å². The Hall–Kier alpha value is -11.4. The molecule has 5 heteroatoms. The van der Waals surface area contributed by atoms with Gasteiger partial charge in [0.05, 0.1) is 22.4 Å². The summed E-state index contributed by atoms with van der Waals surface area (Å²) < 4.78 is 5.23. The van der Waals surface area contributed by atoms with Crippen molar-refractivity contribution in [3.8, 4) is 112 Å². The molecule has 18 rings (SSSR count). The van der Waals surface area contributed by atoms with E-state index < -0.39 is 0 Å². The van der Waals surface area contributed by atoms with Crippen molar-refractivity contribution in [1.29, 1.82) is 0 Å². The van der Waals surface area contributed by atoms with Gasteiger partial charge < -0.3 is 9.13 Å². The van der Waals surface area contributed by atoms with Crippen molar-refractivity contribution in [2.24, 2.45) is 0 Å². The van der Waals surface area contributed by atoms with Crippen LogP contribution in [0.5, 0.6) is 0 Å². The van der Waals surface area contributed by atoms with Gasteiger partial charge in [-0.15, -0.1) is 0 Å². The van der Waals surface area contributed by atoms with Crippen LogP contribution in [0.3, 0.4) is 0 Å². The Morgan fingerprint density at radius 3 is 0.905 bits per heavy atom. The standard InChI is InChI=1S/C90H67BN4/c1-89(2,3)71-51-75-73-47-62(56-25-13-7-14-26-56)37-39-81(73)94-83-49-70(50-84-85(83)91(77(53-71)86(75)94)78-54-72(90(4,5)6)52-76-74-48-63(57-27-15-8-16-28-57)38-40-82(74)95(84)87(76)78)88-92-79(68-43-64(58-29-17-9-18-30-58)41-65(44-68)59-31-19-10-20-32-59)55-80(93-88)69-45-66(60-33-21-11-22-34-60)42-67(46-69)61-35-23-12-24-36-61/h7-55H,1-6H3. The summed E-state index contributed by atoms with van der Waals surface area (Å²) in [7, 11) is 0. The van der Waals surface area contributed by atoms with E-state index in [-0.39, 0.29) is 17.5 Å². The minimum absolute atomic E-state index is 0.114. The predicted octanol–water partition coefficient (Wildman–Crippen LogP) is 21.4. The highest BCUT2D eigenvalue weighted by Gasteiger charge is 2.43. The Morgan fingerprint density at radius 1 is 0.263 bits per heavy atom. The topological polar surface area (TPSA) is 35.6 Å². The van der Waals surface area contributed by atoms with Crippen LogP contribution in [-0.4, -0.2) is 25.8 Å². The zero-order valence-corrected chi connectivity index (χ0v) is 54.2. The van der Waals surface area contributed by atoms with Gasteiger partial charge in [-0.05, 0) is 196 Å². The summed E-state index contributed by atoms with van der Waals surface area (Å²) in [4.78, 5) is 11.8. The second kappa shape index (κ2) is 21.6. The Bertz CT molecular complexity index is 5290. The van der Waals surface area contributed by atoms with Gasteiger partial charge in [0, 0.05) is 60.6 Å². The van der Waals surface area contributed by atoms with Crippen LogP contribution in [0.2, 0.25) is 0 Å². The first kappa shape index (κ1) is 56.4. The molecule has 3 aromatic heterocycles. The first-order valence-corrected chi connectivity index (χ1v) is 33.3. The summed E-state index contributed by atoms with van der Waals surface area (Å²) in [6.07, 6.45) is 0. The van der Waals surface area contributed by atoms with E-state index in [1.807, 2.05) is 0 Å². The number of nitrogens with zero attached hydrogens (tertiary/aromatic N) is 4. The second-order valence-electron chi connectivity index (χ2n) is 28.2. The summed E-state index contributed by atoms with van der Waals surface area (Å²) >= 11 is 0. The SMILES string of the molecule is CC(C)(C)c1cc2c3c(c1)c1cc(-c4ccccc4)ccc1n3-c1cc(-c3nc(-c4cc(-c5ccccc5)cc(-c5ccccc5)c4)cc(-c4cc(-c5ccccc5)cc(-c5ccccc5)c4)n3)cc3c1B2c1cc(C(C)(C)C)cc2c4cc(-c5ccccc5)ccc4n-3c12. The van der Waals surface area contributed by atoms with Crippen molar-refractivity contribution in [3.63, 3.8) is 0 Å². The zero-order valence-electron chi connectivity index (χ0n) is 54.2. The molecule has 0 N–H and O–H groups in total. The van der Waals surface area contributed by atoms with Gasteiger partial charge in [0.25, 0.3) is 6.71 Å². The molecule has 2 aliphatic heterocycles. The van der Waals surface area contributed by atoms with Crippen molar-refractivity contribution >= 4 is 66.7 Å². The van der Waals surface area contributed by atoms with E-state index in [0.29, 0.717) is 5.82 Å². The monoisotopic (exact) mass is 1210 g/mol. The third-order valence-corrected chi connectivity index (χ3v) is 20.1. The Kier molecular flexibility index (Phi) is 12.8. The van der Waals surface area contributed by atoms with Crippen LogP contribution in [0.15, 0.2) is 297 Å². The number of fused-ring (bicyclic) bond motifs is 10. The quantitative estimate of drug-likeness (QED) is 0.135. The molecule has 0 saturated carbocycles. The van der Waals surface area contributed by atoms with E-state index in [2.05, 4.69) is 348 Å². The zero-order chi connectivity index (χ0) is 63.8. The van der Waals surface area contributed by atoms with Crippen LogP contribution < -0.4 is 16.4 Å². The predicted molar refractivity (Wildman–Crippen MR) is 402 cm³/mol. The van der Waals surface area contributed by atoms with Gasteiger partial charge in [0.1, 0.15) is 0 Å². The molecule has 95 heavy (non-hydrogen) atoms. The molecule has 0 unspecified atom stereocenters. The van der Waals surface area contributed by atoms with E-state index in [0.717, 1.165) is 84.0 Å². The third kappa shape index (κ3) is 9.43. The maximum absolute atomic E-state index is 5.92. The molecule has 5 heterocycles. The fraction of sp³-hybridized carbons (Fsp3) is 0.0889. The molecule has 0 fully saturated rings. The summed E-state index contributed by atoms with van der Waals surface area (Å²) in [5.74, 6) is 0.645. The number of rotatable bonds is 9. The minimum atomic E-state index is -0.145. The van der Waals surface area contributed by atoms with Gasteiger partial charge in [0.2, 0.25) is 0 Å². The van der Waals surface area contributed by atoms with E-state index in [4.69, 9.17) is 9.97 Å². The van der Waals surface area contributed by atoms with E-state index in [1.54, 1.807) is 0 Å². The van der Waals surface area contributed by atoms with Crippen LogP contribution in [0.4, 0.5) is 0 Å². The molecular weight excluding hydrogens is 1150 g/mol. The maximum Gasteiger partial charge on any atom is 0.252 e. The maximum atomic E-state index is 5.92. The molecule has 0 spiro atoms. The van der Waals surface area contributed by atoms with Gasteiger partial charge in [-0.3, -0.25) is 0 Å². The molecule has 0 atom stereocenters. The Morgan fingerprint density at radius 2 is 0.579 bits per heavy atom. The van der Waals surface area contributed by atoms with Gasteiger partial charge in [-0.25, -0.2) is 9.97 Å². The summed E-state index contributed by atoms with van der Waals surface area (Å²) in [5, 5.41) is 5.00. The van der Waals surface area contributed by atoms with Gasteiger partial charge in [0.15, 0.2) is 5.82 Å². The van der Waals surface area contributed by atoms with Crippen molar-refractivity contribution in [2.45, 2.75) is 52.4 Å². The average Bonchev–Trinajstić information content (AvgIpc) is 1.55. The number of aromatic nitrogens is 4. The first-order valence-electron chi connectivity index (χ1n) is 33.3. The van der Waals surface area contributed by atoms with Crippen molar-refractivity contribution in [1.82, 2.24) is 19.1 Å². The van der Waals surface area contributed by atoms with Gasteiger partial charge in [-0.1, -0.05) is 248 Å². The van der Waals surface area contributed by atoms with E-state index in [9.17, 15) is 0 Å². The fourth-order valence-electron chi connectivity index (χ4n) is 15.3. The highest BCUT2D eigenvalue weighted by atomic mass is 15.0. The first-order chi connectivity index (χ1) is 46.3. The van der Waals surface area contributed by atoms with Gasteiger partial charge in [-0.2, -0.15) is 0 Å². The smallest absolute Gasteiger partial charge is 0.252 e. The van der Waals surface area contributed by atoms with Crippen LogP contribution in [0.25, 0.3) is 156 Å². The summed E-state index contributed by atoms with van der Waals surface area (Å²) in [6.45, 7) is 14.1. The lowest BCUT2D eigenvalue weighted by Gasteiger charge is -2.35. The molecule has 450 valence electrons. The van der Waals surface area contributed by atoms with Crippen molar-refractivity contribution < 1.29 is 0 Å². The lowest BCUT2D eigenvalue weighted by atomic mass is 9.34. The molecular formula is C90H67BN4. The minimum Gasteiger partial charge on any atom is -0.310 e. The number of hydrogen-bond acceptors (Lipinski definition) is 2. The Labute approximate surface area is 555 Å². The highest BCUT2D eigenvalue weighted by Crippen LogP contribution is 2.46. The van der Waals surface area contributed by atoms with Crippen LogP contribution in [-0.2, 0) is 10.8 Å². The summed E-state index contributed by atoms with van der Waals surface area (Å²) in [5.41, 5.74) is 31.8. The molecule has 0 amide bonds. The molecule has 4 nitrogen and oxygen atoms in total. The van der Waals surface area contributed by atoms with Crippen molar-refractivity contribution in [2.75, 3.05) is 0 Å². The number of hydrogen-bond donors (Lipinski definition) is 0. The van der Waals surface area contributed by atoms with Crippen molar-refractivity contribution in [3.05, 3.63) is 308 Å². The largest absolute Gasteiger partial charge is 0.310 e. The fourth-order valence-corrected chi connectivity index (χ4v) is 15.3. The molecule has 13 aromatic carbocycles. The molecule has 0 saturated heterocycles. The van der Waals surface area contributed by atoms with Gasteiger partial charge >= 0.3 is 0 Å². The lowest BCUT2D eigenvalue weighted by Crippen LogP contribution is -2.59. The average molecular weight is 1220 g/mol. The molecule has 0 bridgehead atoms. The molecule has 0 aliphatic carbocycles. The summed E-state index contributed by atoms with van der Waals surface area (Å²) in [6, 6.07) is 110. The normalized spacial score (nSPS) is 12.5. The Balaban J connectivity index is 0.979. The molecule has 0 radical (unpaired) electrons. The van der Waals surface area contributed by atoms with E-state index >= 15 is 0 Å². The van der Waals surface area contributed by atoms with Crippen LogP contribution in [0.1, 0.15) is 52.7 Å². The molecule has 16 aromatic rings. The lowest BCUT2D eigenvalue weighted by molar-refractivity contribution is 0.591. The third-order valence-electron chi connectivity index (χ3n) is 20.1. The number of benzene rings is 13. The van der Waals surface area contributed by atoms with Crippen LogP contribution >= 0.6 is 0 Å². The highest BCUT2D eigenvalue weighted by molar-refractivity contribution is 7.00. The molecule has 2 aliphatic rings.